The molecule has 116 valence electrons. The molecule has 0 radical (unpaired) electrons. The molecule has 0 spiro atoms. The third-order valence-electron chi connectivity index (χ3n) is 4.30. The lowest BCUT2D eigenvalue weighted by molar-refractivity contribution is 0.0934. The summed E-state index contributed by atoms with van der Waals surface area (Å²) in [6.45, 7) is 2.89. The van der Waals surface area contributed by atoms with Gasteiger partial charge in [0.25, 0.3) is 5.91 Å². The normalized spacial score (nSPS) is 16.5. The second-order valence-electron chi connectivity index (χ2n) is 5.99. The number of methoxy groups -OCH3 is 2. The van der Waals surface area contributed by atoms with Crippen molar-refractivity contribution in [2.75, 3.05) is 26.5 Å². The van der Waals surface area contributed by atoms with Crippen molar-refractivity contribution in [3.63, 3.8) is 0 Å². The smallest absolute Gasteiger partial charge is 0.253 e. The Labute approximate surface area is 125 Å². The summed E-state index contributed by atoms with van der Waals surface area (Å²) in [5.74, 6) is 0.822. The number of amides is 1. The van der Waals surface area contributed by atoms with Crippen LogP contribution in [0.15, 0.2) is 12.1 Å². The zero-order chi connectivity index (χ0) is 15.5. The molecule has 5 nitrogen and oxygen atoms in total. The minimum Gasteiger partial charge on any atom is -0.497 e. The van der Waals surface area contributed by atoms with Crippen LogP contribution in [-0.2, 0) is 0 Å². The molecule has 21 heavy (non-hydrogen) atoms. The predicted octanol–water partition coefficient (Wildman–Crippen LogP) is 2.60. The van der Waals surface area contributed by atoms with Crippen molar-refractivity contribution in [1.82, 2.24) is 5.32 Å². The summed E-state index contributed by atoms with van der Waals surface area (Å²) >= 11 is 0. The minimum absolute atomic E-state index is 0.183. The average molecular weight is 292 g/mol. The highest BCUT2D eigenvalue weighted by molar-refractivity contribution is 6.01. The van der Waals surface area contributed by atoms with Crippen molar-refractivity contribution < 1.29 is 14.3 Å². The number of nitrogen functional groups attached to an aromatic ring is 1. The molecule has 0 aliphatic heterocycles. The van der Waals surface area contributed by atoms with Gasteiger partial charge in [0, 0.05) is 12.6 Å². The lowest BCUT2D eigenvalue weighted by Gasteiger charge is -2.24. The van der Waals surface area contributed by atoms with E-state index in [9.17, 15) is 4.79 Å². The fourth-order valence-electron chi connectivity index (χ4n) is 2.87. The van der Waals surface area contributed by atoms with Gasteiger partial charge in [-0.25, -0.2) is 0 Å². The maximum absolute atomic E-state index is 12.4. The van der Waals surface area contributed by atoms with E-state index in [1.54, 1.807) is 19.2 Å². The van der Waals surface area contributed by atoms with Crippen LogP contribution in [0.2, 0.25) is 0 Å². The number of ether oxygens (including phenoxy) is 2. The number of rotatable bonds is 5. The van der Waals surface area contributed by atoms with Crippen LogP contribution in [0.3, 0.4) is 0 Å². The minimum atomic E-state index is -0.183. The molecular weight excluding hydrogens is 268 g/mol. The topological polar surface area (TPSA) is 73.6 Å². The van der Waals surface area contributed by atoms with Crippen LogP contribution < -0.4 is 20.5 Å². The lowest BCUT2D eigenvalue weighted by atomic mass is 9.89. The van der Waals surface area contributed by atoms with E-state index in [0.717, 1.165) is 12.8 Å². The molecule has 1 aromatic rings. The first kappa shape index (κ1) is 15.5. The SMILES string of the molecule is COc1cc(OC)c(N)c(C(=O)NCC2(C)CCCC2)c1. The van der Waals surface area contributed by atoms with Crippen LogP contribution in [0.4, 0.5) is 5.69 Å². The molecule has 0 aromatic heterocycles. The summed E-state index contributed by atoms with van der Waals surface area (Å²) in [5.41, 5.74) is 6.93. The Hall–Kier alpha value is -1.91. The van der Waals surface area contributed by atoms with Crippen LogP contribution in [-0.4, -0.2) is 26.7 Å². The van der Waals surface area contributed by atoms with Crippen LogP contribution in [0.25, 0.3) is 0 Å². The molecule has 1 aromatic carbocycles. The first-order valence-electron chi connectivity index (χ1n) is 7.29. The highest BCUT2D eigenvalue weighted by Crippen LogP contribution is 2.37. The molecular formula is C16H24N2O3. The molecule has 3 N–H and O–H groups in total. The molecule has 1 aliphatic rings. The monoisotopic (exact) mass is 292 g/mol. The van der Waals surface area contributed by atoms with E-state index in [1.807, 2.05) is 0 Å². The summed E-state index contributed by atoms with van der Waals surface area (Å²) in [6.07, 6.45) is 4.79. The van der Waals surface area contributed by atoms with E-state index in [-0.39, 0.29) is 11.3 Å². The summed E-state index contributed by atoms with van der Waals surface area (Å²) in [4.78, 5) is 12.4. The molecule has 1 saturated carbocycles. The van der Waals surface area contributed by atoms with Gasteiger partial charge < -0.3 is 20.5 Å². The Bertz CT molecular complexity index is 522. The van der Waals surface area contributed by atoms with E-state index in [4.69, 9.17) is 15.2 Å². The number of anilines is 1. The highest BCUT2D eigenvalue weighted by atomic mass is 16.5. The van der Waals surface area contributed by atoms with Crippen molar-refractivity contribution in [3.8, 4) is 11.5 Å². The predicted molar refractivity (Wildman–Crippen MR) is 82.9 cm³/mol. The third kappa shape index (κ3) is 3.40. The van der Waals surface area contributed by atoms with Gasteiger partial charge in [0.05, 0.1) is 25.5 Å². The third-order valence-corrected chi connectivity index (χ3v) is 4.30. The van der Waals surface area contributed by atoms with Crippen LogP contribution in [0, 0.1) is 5.41 Å². The van der Waals surface area contributed by atoms with Gasteiger partial charge in [0.1, 0.15) is 11.5 Å². The molecule has 0 bridgehead atoms. The van der Waals surface area contributed by atoms with Crippen LogP contribution in [0.5, 0.6) is 11.5 Å². The second kappa shape index (κ2) is 6.24. The van der Waals surface area contributed by atoms with Gasteiger partial charge in [0.2, 0.25) is 0 Å². The molecule has 1 fully saturated rings. The van der Waals surface area contributed by atoms with E-state index in [1.165, 1.54) is 20.0 Å². The number of nitrogens with one attached hydrogen (secondary N) is 1. The van der Waals surface area contributed by atoms with Gasteiger partial charge in [-0.15, -0.1) is 0 Å². The molecule has 1 amide bonds. The van der Waals surface area contributed by atoms with E-state index in [2.05, 4.69) is 12.2 Å². The van der Waals surface area contributed by atoms with E-state index in [0.29, 0.717) is 29.3 Å². The number of nitrogens with two attached hydrogens (primary N) is 1. The number of carbonyl (C=O) groups excluding carboxylic acids is 1. The maximum atomic E-state index is 12.4. The Morgan fingerprint density at radius 2 is 1.95 bits per heavy atom. The Balaban J connectivity index is 2.14. The van der Waals surface area contributed by atoms with Gasteiger partial charge >= 0.3 is 0 Å². The Kier molecular flexibility index (Phi) is 4.60. The lowest BCUT2D eigenvalue weighted by Crippen LogP contribution is -2.34. The zero-order valence-corrected chi connectivity index (χ0v) is 13.0. The van der Waals surface area contributed by atoms with Crippen molar-refractivity contribution in [2.45, 2.75) is 32.6 Å². The maximum Gasteiger partial charge on any atom is 0.253 e. The van der Waals surface area contributed by atoms with Crippen molar-refractivity contribution in [3.05, 3.63) is 17.7 Å². The molecule has 5 heteroatoms. The van der Waals surface area contributed by atoms with Gasteiger partial charge in [-0.2, -0.15) is 0 Å². The van der Waals surface area contributed by atoms with Crippen LogP contribution in [0.1, 0.15) is 43.0 Å². The standard InChI is InChI=1S/C16H24N2O3/c1-16(6-4-5-7-16)10-18-15(19)12-8-11(20-2)9-13(21-3)14(12)17/h8-9H,4-7,10,17H2,1-3H3,(H,18,19). The summed E-state index contributed by atoms with van der Waals surface area (Å²) in [5, 5.41) is 2.99. The number of carbonyl (C=O) groups is 1. The summed E-state index contributed by atoms with van der Waals surface area (Å²) < 4.78 is 10.4. The highest BCUT2D eigenvalue weighted by Gasteiger charge is 2.29. The van der Waals surface area contributed by atoms with Gasteiger partial charge in [-0.05, 0) is 24.3 Å². The van der Waals surface area contributed by atoms with Crippen molar-refractivity contribution in [1.29, 1.82) is 0 Å². The number of hydrogen-bond acceptors (Lipinski definition) is 4. The molecule has 0 atom stereocenters. The first-order valence-corrected chi connectivity index (χ1v) is 7.29. The number of hydrogen-bond donors (Lipinski definition) is 2. The molecule has 1 aliphatic carbocycles. The second-order valence-corrected chi connectivity index (χ2v) is 5.99. The zero-order valence-electron chi connectivity index (χ0n) is 13.0. The quantitative estimate of drug-likeness (QED) is 0.818. The van der Waals surface area contributed by atoms with Crippen molar-refractivity contribution in [2.24, 2.45) is 5.41 Å². The largest absolute Gasteiger partial charge is 0.497 e. The Morgan fingerprint density at radius 1 is 1.29 bits per heavy atom. The van der Waals surface area contributed by atoms with Gasteiger partial charge in [0.15, 0.2) is 0 Å². The van der Waals surface area contributed by atoms with Gasteiger partial charge in [-0.3, -0.25) is 4.79 Å². The average Bonchev–Trinajstić information content (AvgIpc) is 2.92. The van der Waals surface area contributed by atoms with Gasteiger partial charge in [-0.1, -0.05) is 19.8 Å². The summed E-state index contributed by atoms with van der Waals surface area (Å²) in [6, 6.07) is 3.31. The van der Waals surface area contributed by atoms with E-state index < -0.39 is 0 Å². The summed E-state index contributed by atoms with van der Waals surface area (Å²) in [7, 11) is 3.07. The first-order chi connectivity index (χ1) is 9.99. The molecule has 0 unspecified atom stereocenters. The molecule has 0 heterocycles. The fourth-order valence-corrected chi connectivity index (χ4v) is 2.87. The molecule has 2 rings (SSSR count). The number of benzene rings is 1. The Morgan fingerprint density at radius 3 is 2.52 bits per heavy atom. The van der Waals surface area contributed by atoms with E-state index >= 15 is 0 Å². The fraction of sp³-hybridized carbons (Fsp3) is 0.562. The van der Waals surface area contributed by atoms with Crippen molar-refractivity contribution >= 4 is 11.6 Å². The van der Waals surface area contributed by atoms with Crippen LogP contribution >= 0.6 is 0 Å². The molecule has 0 saturated heterocycles.